The molecule has 0 radical (unpaired) electrons. The van der Waals surface area contributed by atoms with Crippen LogP contribution in [0.2, 0.25) is 0 Å². The summed E-state index contributed by atoms with van der Waals surface area (Å²) in [6, 6.07) is 7.51. The zero-order valence-electron chi connectivity index (χ0n) is 12.3. The lowest BCUT2D eigenvalue weighted by atomic mass is 9.87. The molecule has 1 aromatic carbocycles. The lowest BCUT2D eigenvalue weighted by Gasteiger charge is -2.43. The van der Waals surface area contributed by atoms with Crippen LogP contribution < -0.4 is 0 Å². The molecule has 1 amide bonds. The Morgan fingerprint density at radius 2 is 1.95 bits per heavy atom. The van der Waals surface area contributed by atoms with E-state index in [0.717, 1.165) is 11.1 Å². The highest BCUT2D eigenvalue weighted by Crippen LogP contribution is 2.37. The van der Waals surface area contributed by atoms with Gasteiger partial charge in [-0.1, -0.05) is 36.4 Å². The van der Waals surface area contributed by atoms with Crippen LogP contribution in [0.4, 0.5) is 4.79 Å². The summed E-state index contributed by atoms with van der Waals surface area (Å²) in [6.07, 6.45) is 2.70. The van der Waals surface area contributed by atoms with E-state index in [-0.39, 0.29) is 12.1 Å². The zero-order valence-corrected chi connectivity index (χ0v) is 12.3. The fourth-order valence-electron chi connectivity index (χ4n) is 2.73. The highest BCUT2D eigenvalue weighted by atomic mass is 16.5. The van der Waals surface area contributed by atoms with Gasteiger partial charge in [0.2, 0.25) is 0 Å². The van der Waals surface area contributed by atoms with Gasteiger partial charge in [-0.15, -0.1) is 0 Å². The summed E-state index contributed by atoms with van der Waals surface area (Å²) in [5, 5.41) is 9.65. The molecule has 1 aromatic rings. The smallest absolute Gasteiger partial charge is 0.408 e. The van der Waals surface area contributed by atoms with Crippen LogP contribution in [0, 0.1) is 0 Å². The van der Waals surface area contributed by atoms with Gasteiger partial charge >= 0.3 is 6.09 Å². The first kappa shape index (κ1) is 14.6. The zero-order chi connectivity index (χ0) is 14.9. The molecule has 0 saturated carbocycles. The molecular weight excluding hydrogens is 254 g/mol. The number of nitrogens with zero attached hydrogens (tertiary/aromatic N) is 1. The molecule has 1 aliphatic rings. The molecule has 0 aromatic heterocycles. The molecule has 4 heteroatoms. The third-order valence-corrected chi connectivity index (χ3v) is 3.57. The first-order valence-corrected chi connectivity index (χ1v) is 6.68. The van der Waals surface area contributed by atoms with Gasteiger partial charge in [0.1, 0.15) is 6.10 Å². The Labute approximate surface area is 119 Å². The van der Waals surface area contributed by atoms with E-state index in [1.54, 1.807) is 7.11 Å². The predicted octanol–water partition coefficient (Wildman–Crippen LogP) is 3.55. The summed E-state index contributed by atoms with van der Waals surface area (Å²) in [5.74, 6) is 0. The van der Waals surface area contributed by atoms with Crippen molar-refractivity contribution >= 4 is 12.2 Å². The quantitative estimate of drug-likeness (QED) is 0.898. The minimum atomic E-state index is -0.936. The molecule has 2 atom stereocenters. The molecule has 0 aliphatic heterocycles. The standard InChI is InChI=1S/C16H21NO3/c1-16(2,3)17(15(18)19)14-12-8-6-5-7-11(12)9-10-13(14)20-4/h5-10,13-14H,1-4H3,(H,18,19)/t13-,14-/m1/s1. The molecule has 0 unspecified atom stereocenters. The number of rotatable bonds is 2. The fraction of sp³-hybridized carbons (Fsp3) is 0.438. The summed E-state index contributed by atoms with van der Waals surface area (Å²) in [5.41, 5.74) is 1.52. The van der Waals surface area contributed by atoms with Crippen LogP contribution in [0.25, 0.3) is 6.08 Å². The van der Waals surface area contributed by atoms with Crippen LogP contribution in [0.15, 0.2) is 30.3 Å². The highest BCUT2D eigenvalue weighted by molar-refractivity contribution is 5.69. The summed E-state index contributed by atoms with van der Waals surface area (Å²) in [4.78, 5) is 13.2. The Morgan fingerprint density at radius 3 is 2.50 bits per heavy atom. The van der Waals surface area contributed by atoms with Gasteiger partial charge in [-0.05, 0) is 31.9 Å². The van der Waals surface area contributed by atoms with Crippen LogP contribution in [0.5, 0.6) is 0 Å². The Kier molecular flexibility index (Phi) is 3.86. The van der Waals surface area contributed by atoms with Crippen LogP contribution in [0.1, 0.15) is 37.9 Å². The molecule has 1 aliphatic carbocycles. The van der Waals surface area contributed by atoms with E-state index < -0.39 is 11.6 Å². The number of carbonyl (C=O) groups is 1. The topological polar surface area (TPSA) is 49.8 Å². The van der Waals surface area contributed by atoms with E-state index in [1.807, 2.05) is 57.2 Å². The number of methoxy groups -OCH3 is 1. The van der Waals surface area contributed by atoms with Crippen LogP contribution in [-0.4, -0.2) is 34.9 Å². The maximum atomic E-state index is 11.8. The molecule has 0 saturated heterocycles. The lowest BCUT2D eigenvalue weighted by Crippen LogP contribution is -2.51. The predicted molar refractivity (Wildman–Crippen MR) is 78.6 cm³/mol. The van der Waals surface area contributed by atoms with E-state index in [2.05, 4.69) is 0 Å². The van der Waals surface area contributed by atoms with Gasteiger partial charge in [0, 0.05) is 12.6 Å². The molecule has 1 N–H and O–H groups in total. The van der Waals surface area contributed by atoms with Crippen molar-refractivity contribution in [2.24, 2.45) is 0 Å². The Morgan fingerprint density at radius 1 is 1.30 bits per heavy atom. The van der Waals surface area contributed by atoms with Crippen molar-refractivity contribution in [3.05, 3.63) is 41.5 Å². The van der Waals surface area contributed by atoms with Crippen LogP contribution in [0.3, 0.4) is 0 Å². The van der Waals surface area contributed by atoms with Gasteiger partial charge in [-0.3, -0.25) is 4.90 Å². The number of amides is 1. The average molecular weight is 275 g/mol. The maximum absolute atomic E-state index is 11.8. The Bertz CT molecular complexity index is 531. The van der Waals surface area contributed by atoms with Crippen LogP contribution in [-0.2, 0) is 4.74 Å². The van der Waals surface area contributed by atoms with Crippen molar-refractivity contribution in [3.63, 3.8) is 0 Å². The summed E-state index contributed by atoms with van der Waals surface area (Å²) < 4.78 is 5.50. The minimum absolute atomic E-state index is 0.278. The van der Waals surface area contributed by atoms with E-state index in [0.29, 0.717) is 0 Å². The molecule has 108 valence electrons. The summed E-state index contributed by atoms with van der Waals surface area (Å²) >= 11 is 0. The van der Waals surface area contributed by atoms with Gasteiger partial charge in [0.05, 0.1) is 6.04 Å². The summed E-state index contributed by atoms with van der Waals surface area (Å²) in [7, 11) is 1.61. The first-order chi connectivity index (χ1) is 9.36. The number of carboxylic acid groups (broad SMARTS) is 1. The molecular formula is C16H21NO3. The monoisotopic (exact) mass is 275 g/mol. The second-order valence-corrected chi connectivity index (χ2v) is 5.96. The first-order valence-electron chi connectivity index (χ1n) is 6.68. The van der Waals surface area contributed by atoms with Crippen LogP contribution >= 0.6 is 0 Å². The number of benzene rings is 1. The molecule has 0 spiro atoms. The van der Waals surface area contributed by atoms with Crippen molar-refractivity contribution in [1.29, 1.82) is 0 Å². The number of fused-ring (bicyclic) bond motifs is 1. The normalized spacial score (nSPS) is 21.4. The van der Waals surface area contributed by atoms with Crippen molar-refractivity contribution in [3.8, 4) is 0 Å². The highest BCUT2D eigenvalue weighted by Gasteiger charge is 2.40. The van der Waals surface area contributed by atoms with E-state index >= 15 is 0 Å². The third-order valence-electron chi connectivity index (χ3n) is 3.57. The van der Waals surface area contributed by atoms with Gasteiger partial charge < -0.3 is 9.84 Å². The third kappa shape index (κ3) is 2.56. The molecule has 0 fully saturated rings. The van der Waals surface area contributed by atoms with Crippen molar-refractivity contribution in [2.75, 3.05) is 7.11 Å². The van der Waals surface area contributed by atoms with E-state index in [4.69, 9.17) is 4.74 Å². The SMILES string of the molecule is CO[C@@H]1C=Cc2ccccc2[C@H]1N(C(=O)O)C(C)(C)C. The molecule has 4 nitrogen and oxygen atoms in total. The van der Waals surface area contributed by atoms with Gasteiger partial charge in [0.15, 0.2) is 0 Å². The summed E-state index contributed by atoms with van der Waals surface area (Å²) in [6.45, 7) is 5.69. The number of hydrogen-bond donors (Lipinski definition) is 1. The van der Waals surface area contributed by atoms with Gasteiger partial charge in [0.25, 0.3) is 0 Å². The Balaban J connectivity index is 2.55. The Hall–Kier alpha value is -1.81. The van der Waals surface area contributed by atoms with E-state index in [1.165, 1.54) is 4.90 Å². The molecule has 2 rings (SSSR count). The van der Waals surface area contributed by atoms with Crippen molar-refractivity contribution in [2.45, 2.75) is 38.5 Å². The van der Waals surface area contributed by atoms with Crippen molar-refractivity contribution in [1.82, 2.24) is 4.90 Å². The van der Waals surface area contributed by atoms with Gasteiger partial charge in [-0.2, -0.15) is 0 Å². The average Bonchev–Trinajstić information content (AvgIpc) is 2.37. The van der Waals surface area contributed by atoms with Gasteiger partial charge in [-0.25, -0.2) is 4.79 Å². The number of hydrogen-bond acceptors (Lipinski definition) is 2. The lowest BCUT2D eigenvalue weighted by molar-refractivity contribution is 0.00453. The molecule has 0 heterocycles. The molecule has 0 bridgehead atoms. The number of ether oxygens (including phenoxy) is 1. The van der Waals surface area contributed by atoms with E-state index in [9.17, 15) is 9.90 Å². The second-order valence-electron chi connectivity index (χ2n) is 5.96. The second kappa shape index (κ2) is 5.29. The largest absolute Gasteiger partial charge is 0.465 e. The maximum Gasteiger partial charge on any atom is 0.408 e. The molecule has 20 heavy (non-hydrogen) atoms. The fourth-order valence-corrected chi connectivity index (χ4v) is 2.73. The van der Waals surface area contributed by atoms with Crippen molar-refractivity contribution < 1.29 is 14.6 Å². The minimum Gasteiger partial charge on any atom is -0.465 e.